The van der Waals surface area contributed by atoms with E-state index in [0.29, 0.717) is 0 Å². The summed E-state index contributed by atoms with van der Waals surface area (Å²) in [6, 6.07) is 1.60. The second-order valence-corrected chi connectivity index (χ2v) is 7.36. The Labute approximate surface area is 132 Å². The summed E-state index contributed by atoms with van der Waals surface area (Å²) >= 11 is 0. The second kappa shape index (κ2) is 9.12. The van der Waals surface area contributed by atoms with E-state index < -0.39 is 0 Å². The summed E-state index contributed by atoms with van der Waals surface area (Å²) in [7, 11) is 0. The van der Waals surface area contributed by atoms with Crippen molar-refractivity contribution in [3.63, 3.8) is 0 Å². The van der Waals surface area contributed by atoms with Gasteiger partial charge in [0.1, 0.15) is 0 Å². The van der Waals surface area contributed by atoms with Crippen LogP contribution in [0.15, 0.2) is 0 Å². The van der Waals surface area contributed by atoms with Crippen LogP contribution in [-0.4, -0.2) is 54.6 Å². The Hall–Kier alpha value is -0.120. The van der Waals surface area contributed by atoms with Crippen molar-refractivity contribution in [2.45, 2.75) is 77.3 Å². The van der Waals surface area contributed by atoms with E-state index in [2.05, 4.69) is 23.6 Å². The molecule has 0 aromatic rings. The molecule has 3 atom stereocenters. The molecule has 21 heavy (non-hydrogen) atoms. The van der Waals surface area contributed by atoms with Crippen LogP contribution < -0.4 is 5.73 Å². The van der Waals surface area contributed by atoms with E-state index >= 15 is 0 Å². The van der Waals surface area contributed by atoms with E-state index in [-0.39, 0.29) is 0 Å². The van der Waals surface area contributed by atoms with Crippen LogP contribution in [0.5, 0.6) is 0 Å². The van der Waals surface area contributed by atoms with E-state index in [0.717, 1.165) is 24.5 Å². The fourth-order valence-corrected chi connectivity index (χ4v) is 4.38. The van der Waals surface area contributed by atoms with E-state index in [1.807, 2.05) is 0 Å². The van der Waals surface area contributed by atoms with Crippen LogP contribution in [0.3, 0.4) is 0 Å². The molecule has 2 saturated heterocycles. The average Bonchev–Trinajstić information content (AvgIpc) is 2.48. The van der Waals surface area contributed by atoms with E-state index in [9.17, 15) is 0 Å². The first kappa shape index (κ1) is 17.2. The van der Waals surface area contributed by atoms with Crippen LogP contribution in [-0.2, 0) is 0 Å². The third kappa shape index (κ3) is 5.22. The summed E-state index contributed by atoms with van der Waals surface area (Å²) < 4.78 is 0. The number of piperidine rings is 1. The van der Waals surface area contributed by atoms with Crippen molar-refractivity contribution in [1.29, 1.82) is 0 Å². The van der Waals surface area contributed by atoms with E-state index in [4.69, 9.17) is 5.73 Å². The molecule has 2 fully saturated rings. The maximum atomic E-state index is 5.75. The molecular weight excluding hydrogens is 258 g/mol. The van der Waals surface area contributed by atoms with Crippen molar-refractivity contribution in [2.24, 2.45) is 11.7 Å². The van der Waals surface area contributed by atoms with Gasteiger partial charge in [-0.3, -0.25) is 9.80 Å². The molecule has 2 aliphatic rings. The zero-order chi connectivity index (χ0) is 15.1. The molecule has 0 bridgehead atoms. The molecule has 0 aromatic carbocycles. The highest BCUT2D eigenvalue weighted by molar-refractivity contribution is 4.89. The van der Waals surface area contributed by atoms with Gasteiger partial charge in [0.05, 0.1) is 0 Å². The van der Waals surface area contributed by atoms with Crippen LogP contribution >= 0.6 is 0 Å². The van der Waals surface area contributed by atoms with Crippen molar-refractivity contribution in [3.05, 3.63) is 0 Å². The van der Waals surface area contributed by atoms with Gasteiger partial charge in [0.2, 0.25) is 0 Å². The van der Waals surface area contributed by atoms with Crippen LogP contribution in [0.25, 0.3) is 0 Å². The zero-order valence-electron chi connectivity index (χ0n) is 14.4. The lowest BCUT2D eigenvalue weighted by Gasteiger charge is -2.47. The lowest BCUT2D eigenvalue weighted by Crippen LogP contribution is -2.58. The normalized spacial score (nSPS) is 29.3. The number of nitrogens with zero attached hydrogens (tertiary/aromatic N) is 2. The van der Waals surface area contributed by atoms with Crippen LogP contribution in [0, 0.1) is 5.92 Å². The minimum absolute atomic E-state index is 0.749. The molecule has 124 valence electrons. The van der Waals surface area contributed by atoms with Gasteiger partial charge >= 0.3 is 0 Å². The highest BCUT2D eigenvalue weighted by Gasteiger charge is 2.32. The van der Waals surface area contributed by atoms with Gasteiger partial charge in [0.15, 0.2) is 0 Å². The van der Waals surface area contributed by atoms with Gasteiger partial charge in [-0.15, -0.1) is 0 Å². The first-order valence-electron chi connectivity index (χ1n) is 9.42. The third-order valence-corrected chi connectivity index (χ3v) is 5.65. The number of hydrogen-bond donors (Lipinski definition) is 1. The molecule has 3 nitrogen and oxygen atoms in total. The SMILES string of the molecule is CCCC(CCN)CCCN1CC2CCCCN2CC1C. The molecule has 0 radical (unpaired) electrons. The lowest BCUT2D eigenvalue weighted by molar-refractivity contribution is 0.0141. The Balaban J connectivity index is 1.71. The van der Waals surface area contributed by atoms with Gasteiger partial charge in [-0.1, -0.05) is 26.2 Å². The van der Waals surface area contributed by atoms with Gasteiger partial charge < -0.3 is 5.73 Å². The van der Waals surface area contributed by atoms with Gasteiger partial charge in [-0.05, 0) is 64.6 Å². The number of rotatable bonds is 8. The summed E-state index contributed by atoms with van der Waals surface area (Å²) in [5, 5.41) is 0. The molecule has 0 amide bonds. The maximum absolute atomic E-state index is 5.75. The second-order valence-electron chi connectivity index (χ2n) is 7.36. The molecule has 2 heterocycles. The smallest absolute Gasteiger partial charge is 0.0223 e. The molecule has 0 saturated carbocycles. The standard InChI is InChI=1S/C18H37N3/c1-3-7-17(10-11-19)8-6-13-20-15-18-9-4-5-12-21(18)14-16(20)2/h16-18H,3-15,19H2,1-2H3. The fourth-order valence-electron chi connectivity index (χ4n) is 4.38. The summed E-state index contributed by atoms with van der Waals surface area (Å²) in [5.74, 6) is 0.867. The van der Waals surface area contributed by atoms with Crippen LogP contribution in [0.4, 0.5) is 0 Å². The summed E-state index contributed by atoms with van der Waals surface area (Å²) in [6.07, 6.45) is 10.9. The highest BCUT2D eigenvalue weighted by atomic mass is 15.3. The molecule has 2 N–H and O–H groups in total. The number of fused-ring (bicyclic) bond motifs is 1. The topological polar surface area (TPSA) is 32.5 Å². The molecular formula is C18H37N3. The molecule has 0 aromatic heterocycles. The summed E-state index contributed by atoms with van der Waals surface area (Å²) in [5.41, 5.74) is 5.75. The molecule has 0 aliphatic carbocycles. The lowest BCUT2D eigenvalue weighted by atomic mass is 9.93. The number of piperazine rings is 1. The molecule has 3 heteroatoms. The quantitative estimate of drug-likeness (QED) is 0.747. The van der Waals surface area contributed by atoms with E-state index in [1.165, 1.54) is 77.5 Å². The third-order valence-electron chi connectivity index (χ3n) is 5.65. The largest absolute Gasteiger partial charge is 0.330 e. The van der Waals surface area contributed by atoms with Crippen molar-refractivity contribution >= 4 is 0 Å². The van der Waals surface area contributed by atoms with Gasteiger partial charge in [0, 0.05) is 25.2 Å². The summed E-state index contributed by atoms with van der Waals surface area (Å²) in [6.45, 7) is 10.8. The van der Waals surface area contributed by atoms with E-state index in [1.54, 1.807) is 0 Å². The van der Waals surface area contributed by atoms with Crippen molar-refractivity contribution < 1.29 is 0 Å². The Morgan fingerprint density at radius 2 is 2.00 bits per heavy atom. The van der Waals surface area contributed by atoms with Gasteiger partial charge in [-0.25, -0.2) is 0 Å². The molecule has 2 aliphatic heterocycles. The Kier molecular flexibility index (Phi) is 7.48. The van der Waals surface area contributed by atoms with Gasteiger partial charge in [-0.2, -0.15) is 0 Å². The molecule has 2 rings (SSSR count). The Morgan fingerprint density at radius 3 is 2.76 bits per heavy atom. The number of nitrogens with two attached hydrogens (primary N) is 1. The Bertz CT molecular complexity index is 276. The maximum Gasteiger partial charge on any atom is 0.0223 e. The zero-order valence-corrected chi connectivity index (χ0v) is 14.4. The van der Waals surface area contributed by atoms with Gasteiger partial charge in [0.25, 0.3) is 0 Å². The minimum Gasteiger partial charge on any atom is -0.330 e. The Morgan fingerprint density at radius 1 is 1.14 bits per heavy atom. The predicted molar refractivity (Wildman–Crippen MR) is 91.6 cm³/mol. The summed E-state index contributed by atoms with van der Waals surface area (Å²) in [4.78, 5) is 5.51. The van der Waals surface area contributed by atoms with Crippen molar-refractivity contribution in [1.82, 2.24) is 9.80 Å². The first-order chi connectivity index (χ1) is 10.2. The van der Waals surface area contributed by atoms with Crippen molar-refractivity contribution in [3.8, 4) is 0 Å². The first-order valence-corrected chi connectivity index (χ1v) is 9.42. The molecule has 0 spiro atoms. The van der Waals surface area contributed by atoms with Crippen LogP contribution in [0.2, 0.25) is 0 Å². The number of hydrogen-bond acceptors (Lipinski definition) is 3. The average molecular weight is 296 g/mol. The van der Waals surface area contributed by atoms with Crippen molar-refractivity contribution in [2.75, 3.05) is 32.7 Å². The minimum atomic E-state index is 0.749. The monoisotopic (exact) mass is 295 g/mol. The highest BCUT2D eigenvalue weighted by Crippen LogP contribution is 2.25. The predicted octanol–water partition coefficient (Wildman–Crippen LogP) is 3.09. The van der Waals surface area contributed by atoms with Crippen LogP contribution in [0.1, 0.15) is 65.2 Å². The fraction of sp³-hybridized carbons (Fsp3) is 1.00. The molecule has 3 unspecified atom stereocenters.